The van der Waals surface area contributed by atoms with Gasteiger partial charge in [0.15, 0.2) is 0 Å². The van der Waals surface area contributed by atoms with Gasteiger partial charge in [-0.3, -0.25) is 4.79 Å². The summed E-state index contributed by atoms with van der Waals surface area (Å²) in [6.07, 6.45) is 3.59. The summed E-state index contributed by atoms with van der Waals surface area (Å²) in [4.78, 5) is 24.4. The predicted molar refractivity (Wildman–Crippen MR) is 73.1 cm³/mol. The zero-order valence-electron chi connectivity index (χ0n) is 11.8. The van der Waals surface area contributed by atoms with Crippen LogP contribution in [0.15, 0.2) is 0 Å². The van der Waals surface area contributed by atoms with Gasteiger partial charge in [0.05, 0.1) is 5.92 Å². The maximum atomic E-state index is 11.5. The van der Waals surface area contributed by atoms with Crippen LogP contribution in [0.5, 0.6) is 0 Å². The van der Waals surface area contributed by atoms with E-state index >= 15 is 0 Å². The molecular formula is C13H25N3O3. The Bertz CT molecular complexity index is 310. The Morgan fingerprint density at radius 2 is 2.16 bits per heavy atom. The number of carboxylic acid groups (broad SMARTS) is 1. The smallest absolute Gasteiger partial charge is 0.314 e. The lowest BCUT2D eigenvalue weighted by Gasteiger charge is -2.19. The molecule has 1 saturated heterocycles. The lowest BCUT2D eigenvalue weighted by Crippen LogP contribution is -2.43. The van der Waals surface area contributed by atoms with Gasteiger partial charge in [-0.1, -0.05) is 6.92 Å². The molecule has 6 heteroatoms. The van der Waals surface area contributed by atoms with E-state index in [0.717, 1.165) is 13.0 Å². The summed E-state index contributed by atoms with van der Waals surface area (Å²) in [6, 6.07) is 0.279. The summed E-state index contributed by atoms with van der Waals surface area (Å²) in [5.41, 5.74) is 0. The fourth-order valence-corrected chi connectivity index (χ4v) is 2.24. The van der Waals surface area contributed by atoms with Crippen molar-refractivity contribution in [1.29, 1.82) is 0 Å². The number of hydrogen-bond acceptors (Lipinski definition) is 3. The molecule has 2 atom stereocenters. The van der Waals surface area contributed by atoms with E-state index in [2.05, 4.69) is 22.6 Å². The number of carbonyl (C=O) groups excluding carboxylic acids is 1. The Kier molecular flexibility index (Phi) is 6.62. The monoisotopic (exact) mass is 271 g/mol. The van der Waals surface area contributed by atoms with Crippen molar-refractivity contribution in [3.05, 3.63) is 0 Å². The third kappa shape index (κ3) is 5.92. The van der Waals surface area contributed by atoms with Crippen LogP contribution in [0, 0.1) is 5.92 Å². The van der Waals surface area contributed by atoms with Crippen LogP contribution in [0.2, 0.25) is 0 Å². The average Bonchev–Trinajstić information content (AvgIpc) is 2.77. The molecular weight excluding hydrogens is 246 g/mol. The van der Waals surface area contributed by atoms with Crippen LogP contribution in [-0.4, -0.2) is 54.7 Å². The highest BCUT2D eigenvalue weighted by atomic mass is 16.4. The number of aliphatic carboxylic acids is 1. The number of urea groups is 1. The van der Waals surface area contributed by atoms with Gasteiger partial charge in [-0.05, 0) is 39.3 Å². The molecule has 0 saturated carbocycles. The number of carboxylic acids is 1. The molecule has 2 unspecified atom stereocenters. The first-order chi connectivity index (χ1) is 9.00. The quantitative estimate of drug-likeness (QED) is 0.600. The molecule has 0 spiro atoms. The van der Waals surface area contributed by atoms with Gasteiger partial charge < -0.3 is 20.6 Å². The second-order valence-corrected chi connectivity index (χ2v) is 5.29. The topological polar surface area (TPSA) is 81.7 Å². The van der Waals surface area contributed by atoms with E-state index in [-0.39, 0.29) is 11.9 Å². The number of likely N-dealkylation sites (tertiary alicyclic amines) is 1. The zero-order valence-corrected chi connectivity index (χ0v) is 11.8. The summed E-state index contributed by atoms with van der Waals surface area (Å²) >= 11 is 0. The fraction of sp³-hybridized carbons (Fsp3) is 0.846. The first-order valence-electron chi connectivity index (χ1n) is 6.95. The third-order valence-corrected chi connectivity index (χ3v) is 3.69. The molecule has 19 heavy (non-hydrogen) atoms. The minimum atomic E-state index is -0.784. The van der Waals surface area contributed by atoms with E-state index in [9.17, 15) is 9.59 Å². The van der Waals surface area contributed by atoms with Gasteiger partial charge in [-0.25, -0.2) is 4.79 Å². The molecule has 1 aliphatic heterocycles. The van der Waals surface area contributed by atoms with Crippen LogP contribution in [-0.2, 0) is 4.79 Å². The highest BCUT2D eigenvalue weighted by Gasteiger charge is 2.20. The molecule has 0 bridgehead atoms. The van der Waals surface area contributed by atoms with Crippen molar-refractivity contribution in [2.75, 3.05) is 26.7 Å². The highest BCUT2D eigenvalue weighted by molar-refractivity contribution is 5.73. The molecule has 6 nitrogen and oxygen atoms in total. The normalized spacial score (nSPS) is 21.1. The first kappa shape index (κ1) is 15.8. The summed E-state index contributed by atoms with van der Waals surface area (Å²) in [5, 5.41) is 14.3. The van der Waals surface area contributed by atoms with Crippen molar-refractivity contribution in [2.45, 2.75) is 38.6 Å². The van der Waals surface area contributed by atoms with Crippen LogP contribution < -0.4 is 10.6 Å². The summed E-state index contributed by atoms with van der Waals surface area (Å²) < 4.78 is 0. The van der Waals surface area contributed by atoms with Crippen LogP contribution in [0.4, 0.5) is 4.79 Å². The Labute approximate surface area is 114 Å². The van der Waals surface area contributed by atoms with Gasteiger partial charge in [-0.2, -0.15) is 0 Å². The zero-order chi connectivity index (χ0) is 14.3. The van der Waals surface area contributed by atoms with Crippen molar-refractivity contribution in [1.82, 2.24) is 15.5 Å². The van der Waals surface area contributed by atoms with Crippen molar-refractivity contribution in [3.63, 3.8) is 0 Å². The number of nitrogens with zero attached hydrogens (tertiary/aromatic N) is 1. The molecule has 1 heterocycles. The predicted octanol–water partition coefficient (Wildman–Crippen LogP) is 0.881. The van der Waals surface area contributed by atoms with E-state index in [4.69, 9.17) is 5.11 Å². The number of amides is 2. The Balaban J connectivity index is 2.03. The molecule has 0 aromatic heterocycles. The van der Waals surface area contributed by atoms with Crippen molar-refractivity contribution < 1.29 is 14.7 Å². The van der Waals surface area contributed by atoms with Gasteiger partial charge in [0.25, 0.3) is 0 Å². The number of rotatable bonds is 7. The van der Waals surface area contributed by atoms with Gasteiger partial charge >= 0.3 is 12.0 Å². The van der Waals surface area contributed by atoms with E-state index in [1.165, 1.54) is 6.42 Å². The first-order valence-corrected chi connectivity index (χ1v) is 6.95. The summed E-state index contributed by atoms with van der Waals surface area (Å²) in [6.45, 7) is 3.97. The number of nitrogens with one attached hydrogen (secondary N) is 2. The largest absolute Gasteiger partial charge is 0.481 e. The van der Waals surface area contributed by atoms with Crippen LogP contribution in [0.1, 0.15) is 32.6 Å². The second kappa shape index (κ2) is 7.99. The van der Waals surface area contributed by atoms with E-state index in [0.29, 0.717) is 32.0 Å². The van der Waals surface area contributed by atoms with Crippen LogP contribution in [0.25, 0.3) is 0 Å². The van der Waals surface area contributed by atoms with Gasteiger partial charge in [-0.15, -0.1) is 0 Å². The number of likely N-dealkylation sites (N-methyl/N-ethyl adjacent to an activating group) is 1. The molecule has 1 aliphatic rings. The molecule has 2 amide bonds. The van der Waals surface area contributed by atoms with Crippen LogP contribution >= 0.6 is 0 Å². The SMILES string of the molecule is CC(CCCNC(=O)NCC1CCCN1C)C(=O)O. The summed E-state index contributed by atoms with van der Waals surface area (Å²) in [7, 11) is 2.07. The van der Waals surface area contributed by atoms with Crippen molar-refractivity contribution in [3.8, 4) is 0 Å². The molecule has 1 fully saturated rings. The molecule has 3 N–H and O–H groups in total. The molecule has 1 rings (SSSR count). The van der Waals surface area contributed by atoms with Gasteiger partial charge in [0, 0.05) is 19.1 Å². The second-order valence-electron chi connectivity index (χ2n) is 5.29. The van der Waals surface area contributed by atoms with Crippen molar-refractivity contribution >= 4 is 12.0 Å². The Morgan fingerprint density at radius 1 is 1.42 bits per heavy atom. The van der Waals surface area contributed by atoms with Gasteiger partial charge in [0.2, 0.25) is 0 Å². The molecule has 0 radical (unpaired) electrons. The number of carbonyl (C=O) groups is 2. The number of hydrogen-bond donors (Lipinski definition) is 3. The third-order valence-electron chi connectivity index (χ3n) is 3.69. The lowest BCUT2D eigenvalue weighted by molar-refractivity contribution is -0.141. The van der Waals surface area contributed by atoms with Crippen molar-refractivity contribution in [2.24, 2.45) is 5.92 Å². The highest BCUT2D eigenvalue weighted by Crippen LogP contribution is 2.13. The Hall–Kier alpha value is -1.30. The average molecular weight is 271 g/mol. The standard InChI is InChI=1S/C13H25N3O3/c1-10(12(17)18)5-3-7-14-13(19)15-9-11-6-4-8-16(11)2/h10-11H,3-9H2,1-2H3,(H,17,18)(H2,14,15,19). The maximum Gasteiger partial charge on any atom is 0.314 e. The fourth-order valence-electron chi connectivity index (χ4n) is 2.24. The molecule has 0 aliphatic carbocycles. The summed E-state index contributed by atoms with van der Waals surface area (Å²) in [5.74, 6) is -1.13. The lowest BCUT2D eigenvalue weighted by atomic mass is 10.1. The molecule has 0 aromatic carbocycles. The van der Waals surface area contributed by atoms with E-state index < -0.39 is 5.97 Å². The molecule has 0 aromatic rings. The van der Waals surface area contributed by atoms with E-state index in [1.807, 2.05) is 0 Å². The van der Waals surface area contributed by atoms with Crippen LogP contribution in [0.3, 0.4) is 0 Å². The maximum absolute atomic E-state index is 11.5. The minimum Gasteiger partial charge on any atom is -0.481 e. The van der Waals surface area contributed by atoms with E-state index in [1.54, 1.807) is 6.92 Å². The Morgan fingerprint density at radius 3 is 2.74 bits per heavy atom. The molecule has 110 valence electrons. The minimum absolute atomic E-state index is 0.164. The van der Waals surface area contributed by atoms with Gasteiger partial charge in [0.1, 0.15) is 0 Å².